The third-order valence-electron chi connectivity index (χ3n) is 5.78. The van der Waals surface area contributed by atoms with Crippen molar-refractivity contribution in [3.63, 3.8) is 0 Å². The van der Waals surface area contributed by atoms with Crippen molar-refractivity contribution in [1.82, 2.24) is 15.5 Å². The molecule has 10 N–H and O–H groups in total. The largest absolute Gasteiger partial charge is 0.480 e. The fourth-order valence-electron chi connectivity index (χ4n) is 3.75. The smallest absolute Gasteiger partial charge is 0.326 e. The van der Waals surface area contributed by atoms with E-state index in [1.165, 1.54) is 11.8 Å². The van der Waals surface area contributed by atoms with Crippen LogP contribution in [0.3, 0.4) is 0 Å². The van der Waals surface area contributed by atoms with Crippen molar-refractivity contribution in [3.8, 4) is 0 Å². The number of aliphatic carboxylic acids is 1. The molecule has 1 aliphatic heterocycles. The number of carbonyl (C=O) groups excluding carboxylic acids is 3. The molecule has 190 valence electrons. The fraction of sp³-hybridized carbons (Fsp3) is 0.810. The zero-order chi connectivity index (χ0) is 25.0. The normalized spacial score (nSPS) is 19.4. The van der Waals surface area contributed by atoms with Gasteiger partial charge in [-0.25, -0.2) is 4.79 Å². The summed E-state index contributed by atoms with van der Waals surface area (Å²) < 4.78 is 0. The van der Waals surface area contributed by atoms with E-state index in [-0.39, 0.29) is 12.8 Å². The summed E-state index contributed by atoms with van der Waals surface area (Å²) in [4.78, 5) is 51.3. The quantitative estimate of drug-likeness (QED) is 0.131. The van der Waals surface area contributed by atoms with E-state index in [0.717, 1.165) is 0 Å². The van der Waals surface area contributed by atoms with Crippen LogP contribution in [-0.2, 0) is 19.2 Å². The van der Waals surface area contributed by atoms with Crippen LogP contribution in [0.2, 0.25) is 0 Å². The first-order chi connectivity index (χ1) is 15.6. The van der Waals surface area contributed by atoms with Crippen LogP contribution in [0.5, 0.6) is 0 Å². The summed E-state index contributed by atoms with van der Waals surface area (Å²) in [5.74, 6) is -2.80. The Morgan fingerprint density at radius 1 is 1.00 bits per heavy atom. The lowest BCUT2D eigenvalue weighted by Crippen LogP contribution is -2.57. The van der Waals surface area contributed by atoms with Gasteiger partial charge >= 0.3 is 5.97 Å². The minimum absolute atomic E-state index is 0.226. The molecule has 0 spiro atoms. The van der Waals surface area contributed by atoms with Gasteiger partial charge in [-0.3, -0.25) is 14.4 Å². The number of nitrogens with two attached hydrogens (primary N) is 3. The van der Waals surface area contributed by atoms with Crippen molar-refractivity contribution in [3.05, 3.63) is 0 Å². The highest BCUT2D eigenvalue weighted by molar-refractivity contribution is 5.94. The zero-order valence-corrected chi connectivity index (χ0v) is 19.4. The molecule has 5 unspecified atom stereocenters. The number of likely N-dealkylation sites (tertiary alicyclic amines) is 1. The maximum Gasteiger partial charge on any atom is 0.326 e. The molecule has 0 bridgehead atoms. The Kier molecular flexibility index (Phi) is 12.9. The van der Waals surface area contributed by atoms with E-state index in [0.29, 0.717) is 58.2 Å². The number of carboxylic acids is 1. The number of rotatable bonds is 15. The van der Waals surface area contributed by atoms with E-state index in [4.69, 9.17) is 17.2 Å². The molecule has 0 aromatic heterocycles. The molecule has 0 radical (unpaired) electrons. The lowest BCUT2D eigenvalue weighted by molar-refractivity contribution is -0.143. The summed E-state index contributed by atoms with van der Waals surface area (Å²) in [7, 11) is 0. The van der Waals surface area contributed by atoms with E-state index >= 15 is 0 Å². The number of aliphatic hydroxyl groups excluding tert-OH is 1. The van der Waals surface area contributed by atoms with E-state index in [1.807, 2.05) is 0 Å². The Labute approximate surface area is 194 Å². The molecule has 1 aliphatic rings. The van der Waals surface area contributed by atoms with Crippen LogP contribution in [0.25, 0.3) is 0 Å². The third-order valence-corrected chi connectivity index (χ3v) is 5.78. The SMILES string of the molecule is CC(O)C(N)C(=O)N1CCCC1C(=O)NC(CCCCN)C(=O)NC(CCCCN)C(=O)O. The van der Waals surface area contributed by atoms with Crippen molar-refractivity contribution >= 4 is 23.7 Å². The van der Waals surface area contributed by atoms with Crippen LogP contribution in [0, 0.1) is 0 Å². The predicted molar refractivity (Wildman–Crippen MR) is 122 cm³/mol. The first-order valence-electron chi connectivity index (χ1n) is 11.6. The number of aliphatic hydroxyl groups is 1. The van der Waals surface area contributed by atoms with Crippen molar-refractivity contribution in [1.29, 1.82) is 0 Å². The molecule has 3 amide bonds. The molecule has 0 saturated carbocycles. The van der Waals surface area contributed by atoms with Gasteiger partial charge in [0.05, 0.1) is 6.10 Å². The highest BCUT2D eigenvalue weighted by Crippen LogP contribution is 2.19. The zero-order valence-electron chi connectivity index (χ0n) is 19.4. The summed E-state index contributed by atoms with van der Waals surface area (Å²) in [5.41, 5.74) is 16.7. The molecule has 1 saturated heterocycles. The topological polar surface area (TPSA) is 214 Å². The molecule has 12 heteroatoms. The number of amides is 3. The van der Waals surface area contributed by atoms with Crippen molar-refractivity contribution in [2.75, 3.05) is 19.6 Å². The van der Waals surface area contributed by atoms with Crippen LogP contribution < -0.4 is 27.8 Å². The van der Waals surface area contributed by atoms with E-state index < -0.39 is 54.0 Å². The van der Waals surface area contributed by atoms with Gasteiger partial charge in [-0.1, -0.05) is 0 Å². The van der Waals surface area contributed by atoms with Gasteiger partial charge in [0.2, 0.25) is 17.7 Å². The van der Waals surface area contributed by atoms with Gasteiger partial charge in [0.1, 0.15) is 24.2 Å². The molecule has 1 fully saturated rings. The highest BCUT2D eigenvalue weighted by Gasteiger charge is 2.38. The van der Waals surface area contributed by atoms with Gasteiger partial charge in [0.25, 0.3) is 0 Å². The Bertz CT molecular complexity index is 661. The number of carbonyl (C=O) groups is 4. The second-order valence-electron chi connectivity index (χ2n) is 8.49. The second kappa shape index (κ2) is 14.8. The van der Waals surface area contributed by atoms with Gasteiger partial charge < -0.3 is 42.9 Å². The molecule has 12 nitrogen and oxygen atoms in total. The molecule has 0 aromatic rings. The Morgan fingerprint density at radius 3 is 2.09 bits per heavy atom. The van der Waals surface area contributed by atoms with Gasteiger partial charge in [-0.15, -0.1) is 0 Å². The van der Waals surface area contributed by atoms with Gasteiger partial charge in [-0.05, 0) is 71.4 Å². The number of hydrogen-bond acceptors (Lipinski definition) is 8. The average Bonchev–Trinajstić information content (AvgIpc) is 3.26. The minimum Gasteiger partial charge on any atom is -0.480 e. The highest BCUT2D eigenvalue weighted by atomic mass is 16.4. The summed E-state index contributed by atoms with van der Waals surface area (Å²) in [5, 5.41) is 24.3. The number of nitrogens with zero attached hydrogens (tertiary/aromatic N) is 1. The van der Waals surface area contributed by atoms with Gasteiger partial charge in [0, 0.05) is 6.54 Å². The molecule has 1 heterocycles. The van der Waals surface area contributed by atoms with Crippen molar-refractivity contribution < 1.29 is 29.4 Å². The summed E-state index contributed by atoms with van der Waals surface area (Å²) in [6.07, 6.45) is 2.79. The number of nitrogens with one attached hydrogen (secondary N) is 2. The summed E-state index contributed by atoms with van der Waals surface area (Å²) in [6.45, 7) is 2.57. The van der Waals surface area contributed by atoms with Gasteiger partial charge in [-0.2, -0.15) is 0 Å². The summed E-state index contributed by atoms with van der Waals surface area (Å²) >= 11 is 0. The Balaban J connectivity index is 2.88. The maximum atomic E-state index is 13.0. The fourth-order valence-corrected chi connectivity index (χ4v) is 3.75. The molecule has 0 aromatic carbocycles. The lowest BCUT2D eigenvalue weighted by atomic mass is 10.0. The number of unbranched alkanes of at least 4 members (excludes halogenated alkanes) is 2. The standard InChI is InChI=1S/C21H40N6O6/c1-13(28)17(24)20(31)27-12-6-9-16(27)19(30)25-14(7-2-4-10-22)18(29)26-15(21(32)33)8-3-5-11-23/h13-17,28H,2-12,22-24H2,1H3,(H,25,30)(H,26,29)(H,32,33). The number of carboxylic acid groups (broad SMARTS) is 1. The van der Waals surface area contributed by atoms with Crippen LogP contribution in [0.15, 0.2) is 0 Å². The summed E-state index contributed by atoms with van der Waals surface area (Å²) in [6, 6.07) is -4.02. The monoisotopic (exact) mass is 472 g/mol. The van der Waals surface area contributed by atoms with Crippen molar-refractivity contribution in [2.24, 2.45) is 17.2 Å². The maximum absolute atomic E-state index is 13.0. The number of hydrogen-bond donors (Lipinski definition) is 7. The molecule has 0 aliphatic carbocycles. The Hall–Kier alpha value is -2.28. The van der Waals surface area contributed by atoms with Crippen LogP contribution in [0.4, 0.5) is 0 Å². The second-order valence-corrected chi connectivity index (χ2v) is 8.49. The molecular formula is C21H40N6O6. The third kappa shape index (κ3) is 9.24. The predicted octanol–water partition coefficient (Wildman–Crippen LogP) is -2.00. The minimum atomic E-state index is -1.16. The Morgan fingerprint density at radius 2 is 1.58 bits per heavy atom. The van der Waals surface area contributed by atoms with Crippen LogP contribution in [-0.4, -0.2) is 88.7 Å². The van der Waals surface area contributed by atoms with E-state index in [1.54, 1.807) is 0 Å². The van der Waals surface area contributed by atoms with E-state index in [9.17, 15) is 29.4 Å². The average molecular weight is 473 g/mol. The molecule has 5 atom stereocenters. The first-order valence-corrected chi connectivity index (χ1v) is 11.6. The molecule has 33 heavy (non-hydrogen) atoms. The van der Waals surface area contributed by atoms with Crippen molar-refractivity contribution in [2.45, 2.75) is 88.6 Å². The lowest BCUT2D eigenvalue weighted by Gasteiger charge is -2.29. The van der Waals surface area contributed by atoms with Crippen LogP contribution >= 0.6 is 0 Å². The van der Waals surface area contributed by atoms with Crippen LogP contribution in [0.1, 0.15) is 58.3 Å². The van der Waals surface area contributed by atoms with Gasteiger partial charge in [0.15, 0.2) is 0 Å². The molecular weight excluding hydrogens is 432 g/mol. The first kappa shape index (κ1) is 28.8. The van der Waals surface area contributed by atoms with E-state index in [2.05, 4.69) is 10.6 Å². The molecule has 1 rings (SSSR count).